The smallest absolute Gasteiger partial charge is 0.239 e. The molecule has 0 atom stereocenters. The third-order valence-corrected chi connectivity index (χ3v) is 4.08. The molecule has 130 valence electrons. The molecule has 0 aliphatic rings. The molecule has 0 heterocycles. The number of benzene rings is 1. The standard InChI is InChI=1S/C16H26N2O4S/c1-12(2)10-18(23(5,20)21)11-16(19)17-14-6-8-15(9-7-14)22-13(3)4/h6-9,12-13H,10-11H2,1-5H3,(H,17,19). The molecule has 0 spiro atoms. The maximum Gasteiger partial charge on any atom is 0.239 e. The summed E-state index contributed by atoms with van der Waals surface area (Å²) in [6.45, 7) is 7.80. The Morgan fingerprint density at radius 1 is 1.17 bits per heavy atom. The van der Waals surface area contributed by atoms with E-state index in [4.69, 9.17) is 4.74 Å². The molecule has 1 amide bonds. The highest BCUT2D eigenvalue weighted by atomic mass is 32.2. The van der Waals surface area contributed by atoms with Gasteiger partial charge in [0.15, 0.2) is 0 Å². The SMILES string of the molecule is CC(C)CN(CC(=O)Nc1ccc(OC(C)C)cc1)S(C)(=O)=O. The summed E-state index contributed by atoms with van der Waals surface area (Å²) in [6, 6.07) is 6.97. The Hall–Kier alpha value is -1.60. The van der Waals surface area contributed by atoms with Crippen LogP contribution in [0.2, 0.25) is 0 Å². The lowest BCUT2D eigenvalue weighted by Crippen LogP contribution is -2.39. The average molecular weight is 342 g/mol. The van der Waals surface area contributed by atoms with Gasteiger partial charge in [0, 0.05) is 12.2 Å². The summed E-state index contributed by atoms with van der Waals surface area (Å²) < 4.78 is 30.2. The van der Waals surface area contributed by atoms with E-state index in [1.54, 1.807) is 24.3 Å². The van der Waals surface area contributed by atoms with Crippen LogP contribution in [0.15, 0.2) is 24.3 Å². The zero-order chi connectivity index (χ0) is 17.6. The summed E-state index contributed by atoms with van der Waals surface area (Å²) in [7, 11) is -3.42. The van der Waals surface area contributed by atoms with Crippen LogP contribution in [-0.2, 0) is 14.8 Å². The molecule has 0 aliphatic heterocycles. The fourth-order valence-corrected chi connectivity index (χ4v) is 2.89. The van der Waals surface area contributed by atoms with Gasteiger partial charge in [0.2, 0.25) is 15.9 Å². The molecule has 7 heteroatoms. The quantitative estimate of drug-likeness (QED) is 0.787. The molecule has 1 rings (SSSR count). The topological polar surface area (TPSA) is 75.7 Å². The van der Waals surface area contributed by atoms with Crippen molar-refractivity contribution in [1.29, 1.82) is 0 Å². The molecule has 0 saturated carbocycles. The van der Waals surface area contributed by atoms with E-state index in [2.05, 4.69) is 5.32 Å². The number of sulfonamides is 1. The molecule has 1 N–H and O–H groups in total. The zero-order valence-corrected chi connectivity index (χ0v) is 15.2. The fourth-order valence-electron chi connectivity index (χ4n) is 1.97. The van der Waals surface area contributed by atoms with Crippen molar-refractivity contribution in [3.8, 4) is 5.75 Å². The second kappa shape index (κ2) is 8.31. The van der Waals surface area contributed by atoms with Crippen molar-refractivity contribution in [1.82, 2.24) is 4.31 Å². The first kappa shape index (κ1) is 19.4. The minimum Gasteiger partial charge on any atom is -0.491 e. The van der Waals surface area contributed by atoms with Gasteiger partial charge in [0.25, 0.3) is 0 Å². The molecule has 0 fully saturated rings. The van der Waals surface area contributed by atoms with Gasteiger partial charge in [0.1, 0.15) is 5.75 Å². The fraction of sp³-hybridized carbons (Fsp3) is 0.562. The van der Waals surface area contributed by atoms with Gasteiger partial charge in [0.05, 0.1) is 18.9 Å². The number of nitrogens with one attached hydrogen (secondary N) is 1. The highest BCUT2D eigenvalue weighted by Crippen LogP contribution is 2.17. The van der Waals surface area contributed by atoms with Crippen molar-refractivity contribution in [3.05, 3.63) is 24.3 Å². The highest BCUT2D eigenvalue weighted by Gasteiger charge is 2.21. The molecule has 0 radical (unpaired) electrons. The van der Waals surface area contributed by atoms with Crippen molar-refractivity contribution in [3.63, 3.8) is 0 Å². The summed E-state index contributed by atoms with van der Waals surface area (Å²) in [5.41, 5.74) is 0.601. The highest BCUT2D eigenvalue weighted by molar-refractivity contribution is 7.88. The predicted molar refractivity (Wildman–Crippen MR) is 92.1 cm³/mol. The van der Waals surface area contributed by atoms with Gasteiger partial charge in [-0.3, -0.25) is 4.79 Å². The van der Waals surface area contributed by atoms with Crippen LogP contribution in [0.1, 0.15) is 27.7 Å². The number of amides is 1. The molecule has 0 unspecified atom stereocenters. The van der Waals surface area contributed by atoms with Gasteiger partial charge >= 0.3 is 0 Å². The third kappa shape index (κ3) is 7.47. The number of hydrogen-bond donors (Lipinski definition) is 1. The van der Waals surface area contributed by atoms with Crippen LogP contribution >= 0.6 is 0 Å². The summed E-state index contributed by atoms with van der Waals surface area (Å²) in [6.07, 6.45) is 1.19. The molecular formula is C16H26N2O4S. The van der Waals surface area contributed by atoms with Gasteiger partial charge in [-0.25, -0.2) is 8.42 Å². The molecule has 0 bridgehead atoms. The van der Waals surface area contributed by atoms with E-state index in [1.807, 2.05) is 27.7 Å². The summed E-state index contributed by atoms with van der Waals surface area (Å²) >= 11 is 0. The van der Waals surface area contributed by atoms with Crippen LogP contribution < -0.4 is 10.1 Å². The van der Waals surface area contributed by atoms with Crippen LogP contribution in [-0.4, -0.2) is 44.1 Å². The van der Waals surface area contributed by atoms with Crippen LogP contribution in [0, 0.1) is 5.92 Å². The Labute approximate surface area is 138 Å². The lowest BCUT2D eigenvalue weighted by Gasteiger charge is -2.21. The molecule has 0 aromatic heterocycles. The van der Waals surface area contributed by atoms with Crippen molar-refractivity contribution >= 4 is 21.6 Å². The zero-order valence-electron chi connectivity index (χ0n) is 14.4. The van der Waals surface area contributed by atoms with Crippen molar-refractivity contribution in [2.75, 3.05) is 24.7 Å². The second-order valence-corrected chi connectivity index (χ2v) is 8.17. The number of nitrogens with zero attached hydrogens (tertiary/aromatic N) is 1. The monoisotopic (exact) mass is 342 g/mol. The second-order valence-electron chi connectivity index (χ2n) is 6.19. The van der Waals surface area contributed by atoms with E-state index in [0.29, 0.717) is 12.2 Å². The minimum atomic E-state index is -3.42. The van der Waals surface area contributed by atoms with Gasteiger partial charge in [-0.15, -0.1) is 0 Å². The minimum absolute atomic E-state index is 0.0785. The molecular weight excluding hydrogens is 316 g/mol. The number of hydrogen-bond acceptors (Lipinski definition) is 4. The van der Waals surface area contributed by atoms with Crippen molar-refractivity contribution in [2.24, 2.45) is 5.92 Å². The van der Waals surface area contributed by atoms with Crippen LogP contribution in [0.5, 0.6) is 5.75 Å². The Kier molecular flexibility index (Phi) is 7.02. The molecule has 0 aliphatic carbocycles. The Bertz CT molecular complexity index is 609. The van der Waals surface area contributed by atoms with Gasteiger partial charge < -0.3 is 10.1 Å². The van der Waals surface area contributed by atoms with Crippen molar-refractivity contribution < 1.29 is 17.9 Å². The number of carbonyl (C=O) groups is 1. The molecule has 23 heavy (non-hydrogen) atoms. The summed E-state index contributed by atoms with van der Waals surface area (Å²) in [5, 5.41) is 2.70. The van der Waals surface area contributed by atoms with E-state index in [1.165, 1.54) is 4.31 Å². The van der Waals surface area contributed by atoms with E-state index in [-0.39, 0.29) is 24.5 Å². The van der Waals surface area contributed by atoms with E-state index in [0.717, 1.165) is 12.0 Å². The number of ether oxygens (including phenoxy) is 1. The first-order valence-corrected chi connectivity index (χ1v) is 9.44. The van der Waals surface area contributed by atoms with Gasteiger partial charge in [-0.05, 0) is 44.0 Å². The predicted octanol–water partition coefficient (Wildman–Crippen LogP) is 2.33. The first-order chi connectivity index (χ1) is 10.6. The van der Waals surface area contributed by atoms with E-state index in [9.17, 15) is 13.2 Å². The molecule has 0 saturated heterocycles. The Morgan fingerprint density at radius 3 is 2.17 bits per heavy atom. The maximum atomic E-state index is 12.1. The van der Waals surface area contributed by atoms with Gasteiger partial charge in [-0.1, -0.05) is 13.8 Å². The summed E-state index contributed by atoms with van der Waals surface area (Å²) in [4.78, 5) is 12.1. The largest absolute Gasteiger partial charge is 0.491 e. The average Bonchev–Trinajstić information content (AvgIpc) is 2.38. The van der Waals surface area contributed by atoms with Crippen LogP contribution in [0.25, 0.3) is 0 Å². The number of carbonyl (C=O) groups excluding carboxylic acids is 1. The molecule has 1 aromatic carbocycles. The number of rotatable bonds is 8. The third-order valence-electron chi connectivity index (χ3n) is 2.87. The first-order valence-electron chi connectivity index (χ1n) is 7.59. The molecule has 1 aromatic rings. The normalized spacial score (nSPS) is 12.0. The lowest BCUT2D eigenvalue weighted by molar-refractivity contribution is -0.116. The molecule has 6 nitrogen and oxygen atoms in total. The summed E-state index contributed by atoms with van der Waals surface area (Å²) in [5.74, 6) is 0.495. The van der Waals surface area contributed by atoms with Gasteiger partial charge in [-0.2, -0.15) is 4.31 Å². The van der Waals surface area contributed by atoms with Crippen molar-refractivity contribution in [2.45, 2.75) is 33.8 Å². The van der Waals surface area contributed by atoms with E-state index >= 15 is 0 Å². The Balaban J connectivity index is 2.67. The van der Waals surface area contributed by atoms with E-state index < -0.39 is 10.0 Å². The lowest BCUT2D eigenvalue weighted by atomic mass is 10.2. The Morgan fingerprint density at radius 2 is 1.74 bits per heavy atom. The van der Waals surface area contributed by atoms with Crippen LogP contribution in [0.4, 0.5) is 5.69 Å². The van der Waals surface area contributed by atoms with Crippen LogP contribution in [0.3, 0.4) is 0 Å². The number of anilines is 1. The maximum absolute atomic E-state index is 12.1.